The van der Waals surface area contributed by atoms with Gasteiger partial charge in [-0.1, -0.05) is 94.9 Å². The first-order valence-electron chi connectivity index (χ1n) is 8.60. The molecular formula is C18H44O6. The van der Waals surface area contributed by atoms with E-state index in [2.05, 4.69) is 69.2 Å². The lowest BCUT2D eigenvalue weighted by atomic mass is 10.3. The fourth-order valence-corrected chi connectivity index (χ4v) is 0.354. The normalized spacial score (nSPS) is 7.50. The minimum Gasteiger partial charge on any atom is -0.450 e. The van der Waals surface area contributed by atoms with E-state index in [4.69, 9.17) is 30.0 Å². The molecule has 0 radical (unpaired) electrons. The number of carboxylic acid groups (broad SMARTS) is 4. The number of unbranched alkanes of at least 4 members (excludes halogenated alkanes) is 2. The first-order valence-corrected chi connectivity index (χ1v) is 8.60. The number of hydrogen-bond acceptors (Lipinski definition) is 2. The highest BCUT2D eigenvalue weighted by atomic mass is 16.6. The molecule has 0 saturated heterocycles. The van der Waals surface area contributed by atoms with Crippen LogP contribution in [0.2, 0.25) is 0 Å². The minimum absolute atomic E-state index is 0.833. The van der Waals surface area contributed by atoms with E-state index in [0.717, 1.165) is 11.8 Å². The highest BCUT2D eigenvalue weighted by molar-refractivity contribution is 5.53. The van der Waals surface area contributed by atoms with E-state index >= 15 is 0 Å². The number of carbonyl (C=O) groups is 2. The average Bonchev–Trinajstić information content (AvgIpc) is 2.27. The predicted molar refractivity (Wildman–Crippen MR) is 103 cm³/mol. The lowest BCUT2D eigenvalue weighted by Crippen LogP contribution is -1.81. The molecule has 6 nitrogen and oxygen atoms in total. The molecule has 0 saturated carbocycles. The summed E-state index contributed by atoms with van der Waals surface area (Å²) in [4.78, 5) is 17.1. The summed E-state index contributed by atoms with van der Waals surface area (Å²) in [6.07, 6.45) is 1.66. The smallest absolute Gasteiger partial charge is 0.450 e. The number of hydrogen-bond donors (Lipinski definition) is 4. The van der Waals surface area contributed by atoms with Gasteiger partial charge in [-0.2, -0.15) is 0 Å². The first-order chi connectivity index (χ1) is 10.8. The Morgan fingerprint density at radius 3 is 0.708 bits per heavy atom. The highest BCUT2D eigenvalue weighted by Crippen LogP contribution is 1.88. The van der Waals surface area contributed by atoms with E-state index in [9.17, 15) is 0 Å². The third-order valence-corrected chi connectivity index (χ3v) is 0.707. The van der Waals surface area contributed by atoms with Crippen molar-refractivity contribution >= 4 is 12.3 Å². The molecule has 4 N–H and O–H groups in total. The quantitative estimate of drug-likeness (QED) is 0.410. The van der Waals surface area contributed by atoms with Crippen molar-refractivity contribution < 1.29 is 30.0 Å². The van der Waals surface area contributed by atoms with Gasteiger partial charge in [0, 0.05) is 0 Å². The van der Waals surface area contributed by atoms with Gasteiger partial charge in [-0.3, -0.25) is 0 Å². The van der Waals surface area contributed by atoms with Crippen molar-refractivity contribution in [2.75, 3.05) is 0 Å². The molecule has 152 valence electrons. The van der Waals surface area contributed by atoms with Crippen LogP contribution in [0.15, 0.2) is 0 Å². The third-order valence-electron chi connectivity index (χ3n) is 0.707. The molecule has 0 spiro atoms. The van der Waals surface area contributed by atoms with Gasteiger partial charge < -0.3 is 20.4 Å². The SMILES string of the molecule is CC(C)C.CC(C)C.CCC.CCCCC.O=C(O)O.O=C(O)O. The van der Waals surface area contributed by atoms with Crippen LogP contribution >= 0.6 is 0 Å². The molecule has 6 heteroatoms. The zero-order valence-corrected chi connectivity index (χ0v) is 17.6. The topological polar surface area (TPSA) is 115 Å². The van der Waals surface area contributed by atoms with Gasteiger partial charge >= 0.3 is 12.3 Å². The molecule has 0 heterocycles. The molecule has 24 heavy (non-hydrogen) atoms. The van der Waals surface area contributed by atoms with Gasteiger partial charge in [0.2, 0.25) is 0 Å². The van der Waals surface area contributed by atoms with Crippen LogP contribution < -0.4 is 0 Å². The Morgan fingerprint density at radius 2 is 0.708 bits per heavy atom. The van der Waals surface area contributed by atoms with Crippen molar-refractivity contribution in [3.05, 3.63) is 0 Å². The van der Waals surface area contributed by atoms with Crippen molar-refractivity contribution in [2.45, 2.75) is 94.9 Å². The first kappa shape index (κ1) is 38.2. The molecule has 0 aliphatic carbocycles. The van der Waals surface area contributed by atoms with E-state index < -0.39 is 12.3 Å². The van der Waals surface area contributed by atoms with Crippen LogP contribution in [-0.4, -0.2) is 32.7 Å². The fourth-order valence-electron chi connectivity index (χ4n) is 0.354. The van der Waals surface area contributed by atoms with Crippen molar-refractivity contribution in [1.82, 2.24) is 0 Å². The zero-order valence-electron chi connectivity index (χ0n) is 17.6. The molecule has 0 aromatic rings. The van der Waals surface area contributed by atoms with E-state index in [1.165, 1.54) is 25.7 Å². The Hall–Kier alpha value is -1.46. The maximum atomic E-state index is 8.56. The molecule has 0 aromatic heterocycles. The van der Waals surface area contributed by atoms with Crippen molar-refractivity contribution in [3.8, 4) is 0 Å². The lowest BCUT2D eigenvalue weighted by Gasteiger charge is -1.79. The van der Waals surface area contributed by atoms with Crippen LogP contribution in [0.3, 0.4) is 0 Å². The van der Waals surface area contributed by atoms with Crippen molar-refractivity contribution in [2.24, 2.45) is 11.8 Å². The molecular weight excluding hydrogens is 312 g/mol. The van der Waals surface area contributed by atoms with Gasteiger partial charge in [0.1, 0.15) is 0 Å². The lowest BCUT2D eigenvalue weighted by molar-refractivity contribution is 0.135. The van der Waals surface area contributed by atoms with Crippen LogP contribution in [-0.2, 0) is 0 Å². The van der Waals surface area contributed by atoms with E-state index in [0.29, 0.717) is 0 Å². The summed E-state index contributed by atoms with van der Waals surface area (Å²) < 4.78 is 0. The Morgan fingerprint density at radius 1 is 0.625 bits per heavy atom. The van der Waals surface area contributed by atoms with Gasteiger partial charge in [-0.15, -0.1) is 0 Å². The number of rotatable bonds is 2. The van der Waals surface area contributed by atoms with Crippen molar-refractivity contribution in [3.63, 3.8) is 0 Å². The molecule has 0 fully saturated rings. The van der Waals surface area contributed by atoms with Gasteiger partial charge in [0.15, 0.2) is 0 Å². The van der Waals surface area contributed by atoms with Gasteiger partial charge in [-0.05, 0) is 11.8 Å². The van der Waals surface area contributed by atoms with Crippen LogP contribution in [0.5, 0.6) is 0 Å². The zero-order chi connectivity index (χ0) is 21.1. The average molecular weight is 357 g/mol. The summed E-state index contributed by atoms with van der Waals surface area (Å²) >= 11 is 0. The molecule has 0 amide bonds. The summed E-state index contributed by atoms with van der Waals surface area (Å²) in [5.74, 6) is 1.67. The van der Waals surface area contributed by atoms with E-state index in [1.807, 2.05) is 0 Å². The van der Waals surface area contributed by atoms with Crippen LogP contribution in [0.1, 0.15) is 94.9 Å². The molecule has 0 rings (SSSR count). The fraction of sp³-hybridized carbons (Fsp3) is 0.889. The monoisotopic (exact) mass is 356 g/mol. The molecule has 0 aliphatic rings. The Kier molecular flexibility index (Phi) is 68.5. The summed E-state index contributed by atoms with van der Waals surface area (Å²) in [5, 5.41) is 27.9. The predicted octanol–water partition coefficient (Wildman–Crippen LogP) is 7.38. The van der Waals surface area contributed by atoms with E-state index in [-0.39, 0.29) is 0 Å². The van der Waals surface area contributed by atoms with Crippen molar-refractivity contribution in [1.29, 1.82) is 0 Å². The van der Waals surface area contributed by atoms with Crippen LogP contribution in [0.25, 0.3) is 0 Å². The Bertz CT molecular complexity index is 170. The van der Waals surface area contributed by atoms with Gasteiger partial charge in [-0.25, -0.2) is 9.59 Å². The highest BCUT2D eigenvalue weighted by Gasteiger charge is 1.71. The summed E-state index contributed by atoms with van der Waals surface area (Å²) in [6, 6.07) is 0. The third kappa shape index (κ3) is 26900. The minimum atomic E-state index is -1.83. The molecule has 0 bridgehead atoms. The summed E-state index contributed by atoms with van der Waals surface area (Å²) in [5.41, 5.74) is 0. The summed E-state index contributed by atoms with van der Waals surface area (Å²) in [7, 11) is 0. The maximum Gasteiger partial charge on any atom is 0.503 e. The standard InChI is InChI=1S/C5H12.2C4H10.C3H8.2CH2O3/c1-3-5-4-2;2*1-4(2)3;1-3-2;2*2-1(3)4/h3-5H2,1-2H3;2*4H,1-3H3;3H2,1-2H3;2*(H2,2,3,4). The largest absolute Gasteiger partial charge is 0.503 e. The second kappa shape index (κ2) is 43.0. The molecule has 0 atom stereocenters. The molecule has 0 unspecified atom stereocenters. The molecule has 0 aliphatic heterocycles. The second-order valence-electron chi connectivity index (χ2n) is 6.09. The van der Waals surface area contributed by atoms with E-state index in [1.54, 1.807) is 0 Å². The second-order valence-corrected chi connectivity index (χ2v) is 6.09. The van der Waals surface area contributed by atoms with Gasteiger partial charge in [0.25, 0.3) is 0 Å². The Labute approximate surface area is 149 Å². The van der Waals surface area contributed by atoms with Crippen LogP contribution in [0, 0.1) is 11.8 Å². The summed E-state index contributed by atoms with van der Waals surface area (Å²) in [6.45, 7) is 21.7. The van der Waals surface area contributed by atoms with Gasteiger partial charge in [0.05, 0.1) is 0 Å². The molecule has 0 aromatic carbocycles. The maximum absolute atomic E-state index is 8.56. The Balaban J connectivity index is -0.0000000408. The van der Waals surface area contributed by atoms with Crippen LogP contribution in [0.4, 0.5) is 9.59 Å².